The second-order valence-corrected chi connectivity index (χ2v) is 4.92. The average molecular weight is 175 g/mol. The second-order valence-electron chi connectivity index (χ2n) is 4.92. The molecule has 0 saturated heterocycles. The van der Waals surface area contributed by atoms with Crippen molar-refractivity contribution in [2.75, 3.05) is 0 Å². The highest BCUT2D eigenvalue weighted by atomic mass is 14.5. The topological polar surface area (TPSA) is 23.8 Å². The zero-order chi connectivity index (χ0) is 9.47. The molecule has 0 bridgehead atoms. The molecule has 0 aromatic carbocycles. The maximum Gasteiger partial charge on any atom is 0.0662 e. The average Bonchev–Trinajstić information content (AvgIpc) is 2.43. The van der Waals surface area contributed by atoms with Crippen LogP contribution in [0, 0.1) is 28.6 Å². The van der Waals surface area contributed by atoms with Gasteiger partial charge in [0.1, 0.15) is 0 Å². The molecular formula is C12H17N. The summed E-state index contributed by atoms with van der Waals surface area (Å²) in [5.41, 5.74) is 1.76. The van der Waals surface area contributed by atoms with Crippen LogP contribution < -0.4 is 0 Å². The van der Waals surface area contributed by atoms with Crippen LogP contribution in [0.3, 0.4) is 0 Å². The first-order valence-electron chi connectivity index (χ1n) is 5.25. The molecule has 2 aliphatic rings. The summed E-state index contributed by atoms with van der Waals surface area (Å²) in [5.74, 6) is 0.768. The van der Waals surface area contributed by atoms with E-state index < -0.39 is 0 Å². The van der Waals surface area contributed by atoms with E-state index in [1.807, 2.05) is 0 Å². The summed E-state index contributed by atoms with van der Waals surface area (Å²) < 4.78 is 0. The van der Waals surface area contributed by atoms with Gasteiger partial charge in [-0.1, -0.05) is 19.1 Å². The Balaban J connectivity index is 2.29. The normalized spacial score (nSPS) is 44.2. The number of hydrogen-bond acceptors (Lipinski definition) is 1. The lowest BCUT2D eigenvalue weighted by Crippen LogP contribution is -2.30. The number of nitrogens with zero attached hydrogens (tertiary/aromatic N) is 1. The summed E-state index contributed by atoms with van der Waals surface area (Å²) in [6.07, 6.45) is 6.06. The number of rotatable bonds is 0. The Morgan fingerprint density at radius 1 is 1.54 bits per heavy atom. The van der Waals surface area contributed by atoms with Gasteiger partial charge in [-0.05, 0) is 37.5 Å². The van der Waals surface area contributed by atoms with Crippen LogP contribution >= 0.6 is 0 Å². The molecule has 0 aromatic heterocycles. The van der Waals surface area contributed by atoms with Gasteiger partial charge < -0.3 is 0 Å². The summed E-state index contributed by atoms with van der Waals surface area (Å²) in [6.45, 7) is 6.50. The van der Waals surface area contributed by atoms with Crippen molar-refractivity contribution in [1.29, 1.82) is 5.26 Å². The number of nitriles is 1. The van der Waals surface area contributed by atoms with E-state index in [-0.39, 0.29) is 5.92 Å². The summed E-state index contributed by atoms with van der Waals surface area (Å²) in [5, 5.41) is 9.05. The Hall–Kier alpha value is -0.770. The lowest BCUT2D eigenvalue weighted by Gasteiger charge is -2.38. The zero-order valence-electron chi connectivity index (χ0n) is 8.34. The molecule has 0 radical (unpaired) electrons. The van der Waals surface area contributed by atoms with E-state index in [4.69, 9.17) is 5.26 Å². The summed E-state index contributed by atoms with van der Waals surface area (Å²) in [6, 6.07) is 2.46. The van der Waals surface area contributed by atoms with Crippen molar-refractivity contribution in [3.8, 4) is 6.07 Å². The lowest BCUT2D eigenvalue weighted by molar-refractivity contribution is 0.189. The molecule has 0 heterocycles. The molecule has 2 saturated carbocycles. The summed E-state index contributed by atoms with van der Waals surface area (Å²) >= 11 is 0. The van der Waals surface area contributed by atoms with Gasteiger partial charge >= 0.3 is 0 Å². The maximum absolute atomic E-state index is 9.05. The monoisotopic (exact) mass is 175 g/mol. The predicted octanol–water partition coefficient (Wildman–Crippen LogP) is 3.28. The van der Waals surface area contributed by atoms with Gasteiger partial charge in [0.15, 0.2) is 0 Å². The van der Waals surface area contributed by atoms with Crippen LogP contribution in [0.25, 0.3) is 0 Å². The molecule has 70 valence electrons. The zero-order valence-corrected chi connectivity index (χ0v) is 8.34. The molecule has 3 atom stereocenters. The highest BCUT2D eigenvalue weighted by Crippen LogP contribution is 2.56. The van der Waals surface area contributed by atoms with Crippen LogP contribution in [0.4, 0.5) is 0 Å². The molecular weight excluding hydrogens is 158 g/mol. The number of fused-ring (bicyclic) bond motifs is 1. The van der Waals surface area contributed by atoms with Crippen LogP contribution in [-0.4, -0.2) is 0 Å². The molecule has 0 unspecified atom stereocenters. The first-order valence-corrected chi connectivity index (χ1v) is 5.25. The van der Waals surface area contributed by atoms with Crippen LogP contribution in [0.1, 0.15) is 39.0 Å². The van der Waals surface area contributed by atoms with Gasteiger partial charge in [0, 0.05) is 5.92 Å². The van der Waals surface area contributed by atoms with Crippen molar-refractivity contribution < 1.29 is 0 Å². The van der Waals surface area contributed by atoms with Gasteiger partial charge in [-0.2, -0.15) is 5.26 Å². The Morgan fingerprint density at radius 3 is 3.00 bits per heavy atom. The van der Waals surface area contributed by atoms with Gasteiger partial charge in [0.25, 0.3) is 0 Å². The molecule has 0 amide bonds. The van der Waals surface area contributed by atoms with E-state index in [2.05, 4.69) is 19.6 Å². The Labute approximate surface area is 80.4 Å². The highest BCUT2D eigenvalue weighted by Gasteiger charge is 2.47. The molecule has 0 aromatic rings. The van der Waals surface area contributed by atoms with Gasteiger partial charge in [-0.25, -0.2) is 0 Å². The van der Waals surface area contributed by atoms with Crippen molar-refractivity contribution in [1.82, 2.24) is 0 Å². The van der Waals surface area contributed by atoms with E-state index >= 15 is 0 Å². The van der Waals surface area contributed by atoms with Gasteiger partial charge in [0.05, 0.1) is 12.0 Å². The predicted molar refractivity (Wildman–Crippen MR) is 52.9 cm³/mol. The van der Waals surface area contributed by atoms with E-state index in [0.29, 0.717) is 11.3 Å². The van der Waals surface area contributed by atoms with E-state index in [9.17, 15) is 0 Å². The van der Waals surface area contributed by atoms with Crippen molar-refractivity contribution in [3.05, 3.63) is 12.2 Å². The van der Waals surface area contributed by atoms with Crippen molar-refractivity contribution in [2.24, 2.45) is 17.3 Å². The van der Waals surface area contributed by atoms with Gasteiger partial charge in [0.2, 0.25) is 0 Å². The minimum atomic E-state index is 0.262. The first kappa shape index (κ1) is 8.81. The molecule has 0 aliphatic heterocycles. The molecule has 2 rings (SSSR count). The SMILES string of the molecule is C=C1CCC[C@]2(C)CC[C@@H](C#N)[C@H]12. The van der Waals surface area contributed by atoms with Crippen molar-refractivity contribution in [2.45, 2.75) is 39.0 Å². The largest absolute Gasteiger partial charge is 0.198 e. The summed E-state index contributed by atoms with van der Waals surface area (Å²) in [7, 11) is 0. The fourth-order valence-corrected chi connectivity index (χ4v) is 3.36. The van der Waals surface area contributed by atoms with Crippen LogP contribution in [0.15, 0.2) is 12.2 Å². The molecule has 1 nitrogen and oxygen atoms in total. The maximum atomic E-state index is 9.05. The molecule has 1 heteroatoms. The van der Waals surface area contributed by atoms with E-state index in [1.54, 1.807) is 0 Å². The molecule has 13 heavy (non-hydrogen) atoms. The van der Waals surface area contributed by atoms with Gasteiger partial charge in [-0.15, -0.1) is 0 Å². The summed E-state index contributed by atoms with van der Waals surface area (Å²) in [4.78, 5) is 0. The molecule has 2 aliphatic carbocycles. The smallest absolute Gasteiger partial charge is 0.0662 e. The third-order valence-electron chi connectivity index (χ3n) is 4.03. The fourth-order valence-electron chi connectivity index (χ4n) is 3.36. The molecule has 2 fully saturated rings. The van der Waals surface area contributed by atoms with Crippen molar-refractivity contribution >= 4 is 0 Å². The van der Waals surface area contributed by atoms with Gasteiger partial charge in [-0.3, -0.25) is 0 Å². The first-order chi connectivity index (χ1) is 6.17. The van der Waals surface area contributed by atoms with Crippen molar-refractivity contribution in [3.63, 3.8) is 0 Å². The Kier molecular flexibility index (Phi) is 1.95. The van der Waals surface area contributed by atoms with Crippen LogP contribution in [0.5, 0.6) is 0 Å². The Bertz CT molecular complexity index is 273. The third-order valence-corrected chi connectivity index (χ3v) is 4.03. The number of hydrogen-bond donors (Lipinski definition) is 0. The standard InChI is InChI=1S/C12H17N/c1-9-4-3-6-12(2)7-5-10(8-13)11(9)12/h10-11H,1,3-7H2,2H3/t10-,11-,12+/m0/s1. The fraction of sp³-hybridized carbons (Fsp3) is 0.750. The number of allylic oxidation sites excluding steroid dienone is 1. The van der Waals surface area contributed by atoms with Crippen LogP contribution in [-0.2, 0) is 0 Å². The molecule has 0 spiro atoms. The van der Waals surface area contributed by atoms with E-state index in [0.717, 1.165) is 12.8 Å². The Morgan fingerprint density at radius 2 is 2.31 bits per heavy atom. The van der Waals surface area contributed by atoms with Crippen LogP contribution in [0.2, 0.25) is 0 Å². The minimum absolute atomic E-state index is 0.262. The highest BCUT2D eigenvalue weighted by molar-refractivity contribution is 5.18. The third kappa shape index (κ3) is 1.20. The molecule has 0 N–H and O–H groups in total. The lowest BCUT2D eigenvalue weighted by atomic mass is 9.66. The minimum Gasteiger partial charge on any atom is -0.198 e. The second kappa shape index (κ2) is 2.87. The quantitative estimate of drug-likeness (QED) is 0.518. The van der Waals surface area contributed by atoms with E-state index in [1.165, 1.54) is 24.8 Å².